The summed E-state index contributed by atoms with van der Waals surface area (Å²) in [5.41, 5.74) is 0.792. The van der Waals surface area contributed by atoms with Gasteiger partial charge in [-0.25, -0.2) is 0 Å². The number of nitrogens with one attached hydrogen (secondary N) is 1. The standard InChI is InChI=1S/C10H15NO3/c1-14-9(12)7-11-10(13)8-5-3-2-4-6-8/h5H,2-4,6-7H2,1H3,(H,11,13). The number of rotatable bonds is 3. The summed E-state index contributed by atoms with van der Waals surface area (Å²) in [7, 11) is 1.30. The number of amides is 1. The second-order valence-electron chi connectivity index (χ2n) is 3.23. The number of hydrogen-bond donors (Lipinski definition) is 1. The van der Waals surface area contributed by atoms with Gasteiger partial charge in [0.25, 0.3) is 0 Å². The van der Waals surface area contributed by atoms with Gasteiger partial charge in [0.15, 0.2) is 0 Å². The molecule has 14 heavy (non-hydrogen) atoms. The van der Waals surface area contributed by atoms with E-state index in [9.17, 15) is 9.59 Å². The molecule has 1 N–H and O–H groups in total. The monoisotopic (exact) mass is 197 g/mol. The largest absolute Gasteiger partial charge is 0.468 e. The number of methoxy groups -OCH3 is 1. The Hall–Kier alpha value is -1.32. The zero-order valence-corrected chi connectivity index (χ0v) is 8.34. The maximum absolute atomic E-state index is 11.4. The van der Waals surface area contributed by atoms with E-state index in [1.54, 1.807) is 0 Å². The second kappa shape index (κ2) is 5.42. The number of allylic oxidation sites excluding steroid dienone is 1. The quantitative estimate of drug-likeness (QED) is 0.680. The molecular weight excluding hydrogens is 182 g/mol. The summed E-state index contributed by atoms with van der Waals surface area (Å²) < 4.78 is 4.41. The molecule has 1 aliphatic carbocycles. The molecular formula is C10H15NO3. The van der Waals surface area contributed by atoms with Crippen LogP contribution in [0.3, 0.4) is 0 Å². The smallest absolute Gasteiger partial charge is 0.325 e. The summed E-state index contributed by atoms with van der Waals surface area (Å²) in [5, 5.41) is 2.52. The lowest BCUT2D eigenvalue weighted by Crippen LogP contribution is -2.31. The topological polar surface area (TPSA) is 55.4 Å². The summed E-state index contributed by atoms with van der Waals surface area (Å²) in [6.07, 6.45) is 5.91. The Labute approximate surface area is 83.3 Å². The minimum absolute atomic E-state index is 0.0489. The number of carbonyl (C=O) groups is 2. The molecule has 78 valence electrons. The predicted octanol–water partition coefficient (Wildman–Crippen LogP) is 0.776. The zero-order chi connectivity index (χ0) is 10.4. The average Bonchev–Trinajstić information content (AvgIpc) is 2.26. The van der Waals surface area contributed by atoms with Crippen molar-refractivity contribution in [3.05, 3.63) is 11.6 Å². The van der Waals surface area contributed by atoms with Gasteiger partial charge in [0.2, 0.25) is 5.91 Å². The normalized spacial score (nSPS) is 15.6. The third-order valence-electron chi connectivity index (χ3n) is 2.20. The number of ether oxygens (including phenoxy) is 1. The van der Waals surface area contributed by atoms with Crippen LogP contribution in [0.15, 0.2) is 11.6 Å². The van der Waals surface area contributed by atoms with E-state index in [2.05, 4.69) is 10.1 Å². The number of hydrogen-bond acceptors (Lipinski definition) is 3. The van der Waals surface area contributed by atoms with Gasteiger partial charge < -0.3 is 10.1 Å². The first-order chi connectivity index (χ1) is 6.74. The maximum Gasteiger partial charge on any atom is 0.325 e. The lowest BCUT2D eigenvalue weighted by atomic mass is 9.99. The van der Waals surface area contributed by atoms with Crippen LogP contribution in [0.25, 0.3) is 0 Å². The highest BCUT2D eigenvalue weighted by molar-refractivity contribution is 5.95. The Morgan fingerprint density at radius 1 is 1.50 bits per heavy atom. The van der Waals surface area contributed by atoms with E-state index in [-0.39, 0.29) is 12.5 Å². The maximum atomic E-state index is 11.4. The fourth-order valence-corrected chi connectivity index (χ4v) is 1.38. The molecule has 0 saturated heterocycles. The highest BCUT2D eigenvalue weighted by Crippen LogP contribution is 2.16. The van der Waals surface area contributed by atoms with E-state index in [0.29, 0.717) is 0 Å². The molecule has 1 aliphatic rings. The van der Waals surface area contributed by atoms with Crippen molar-refractivity contribution >= 4 is 11.9 Å². The van der Waals surface area contributed by atoms with E-state index in [1.807, 2.05) is 6.08 Å². The minimum Gasteiger partial charge on any atom is -0.468 e. The molecule has 0 atom stereocenters. The van der Waals surface area contributed by atoms with Crippen molar-refractivity contribution < 1.29 is 14.3 Å². The van der Waals surface area contributed by atoms with Crippen LogP contribution in [0.2, 0.25) is 0 Å². The molecule has 4 heteroatoms. The van der Waals surface area contributed by atoms with Crippen LogP contribution < -0.4 is 5.32 Å². The third kappa shape index (κ3) is 3.20. The van der Waals surface area contributed by atoms with Gasteiger partial charge in [-0.3, -0.25) is 9.59 Å². The highest BCUT2D eigenvalue weighted by Gasteiger charge is 2.12. The molecule has 0 aromatic rings. The first kappa shape index (κ1) is 10.8. The molecule has 0 heterocycles. The van der Waals surface area contributed by atoms with Crippen LogP contribution in [0.1, 0.15) is 25.7 Å². The molecule has 0 radical (unpaired) electrons. The first-order valence-electron chi connectivity index (χ1n) is 4.78. The van der Waals surface area contributed by atoms with Crippen LogP contribution in [0.5, 0.6) is 0 Å². The molecule has 0 aromatic heterocycles. The average molecular weight is 197 g/mol. The number of carbonyl (C=O) groups excluding carboxylic acids is 2. The molecule has 0 aromatic carbocycles. The molecule has 4 nitrogen and oxygen atoms in total. The van der Waals surface area contributed by atoms with Crippen LogP contribution in [0.4, 0.5) is 0 Å². The molecule has 0 spiro atoms. The van der Waals surface area contributed by atoms with Crippen LogP contribution in [-0.2, 0) is 14.3 Å². The van der Waals surface area contributed by atoms with Crippen LogP contribution in [0, 0.1) is 0 Å². The van der Waals surface area contributed by atoms with Gasteiger partial charge in [-0.1, -0.05) is 6.08 Å². The van der Waals surface area contributed by atoms with Crippen molar-refractivity contribution in [2.75, 3.05) is 13.7 Å². The van der Waals surface area contributed by atoms with Crippen molar-refractivity contribution in [2.24, 2.45) is 0 Å². The van der Waals surface area contributed by atoms with E-state index in [1.165, 1.54) is 7.11 Å². The lowest BCUT2D eigenvalue weighted by Gasteiger charge is -2.11. The summed E-state index contributed by atoms with van der Waals surface area (Å²) in [4.78, 5) is 22.2. The van der Waals surface area contributed by atoms with Crippen molar-refractivity contribution in [3.8, 4) is 0 Å². The summed E-state index contributed by atoms with van der Waals surface area (Å²) in [6.45, 7) is -0.0489. The van der Waals surface area contributed by atoms with E-state index in [0.717, 1.165) is 31.3 Å². The van der Waals surface area contributed by atoms with Gasteiger partial charge >= 0.3 is 5.97 Å². The van der Waals surface area contributed by atoms with E-state index < -0.39 is 5.97 Å². The van der Waals surface area contributed by atoms with Crippen molar-refractivity contribution in [1.29, 1.82) is 0 Å². The molecule has 0 saturated carbocycles. The van der Waals surface area contributed by atoms with E-state index >= 15 is 0 Å². The Kier molecular flexibility index (Phi) is 4.16. The van der Waals surface area contributed by atoms with Crippen molar-refractivity contribution in [1.82, 2.24) is 5.32 Å². The fourth-order valence-electron chi connectivity index (χ4n) is 1.38. The SMILES string of the molecule is COC(=O)CNC(=O)C1=CCCCC1. The van der Waals surface area contributed by atoms with Gasteiger partial charge in [-0.15, -0.1) is 0 Å². The van der Waals surface area contributed by atoms with Crippen molar-refractivity contribution in [3.63, 3.8) is 0 Å². The second-order valence-corrected chi connectivity index (χ2v) is 3.23. The Morgan fingerprint density at radius 3 is 2.86 bits per heavy atom. The van der Waals surface area contributed by atoms with Crippen LogP contribution >= 0.6 is 0 Å². The fraction of sp³-hybridized carbons (Fsp3) is 0.600. The summed E-state index contributed by atoms with van der Waals surface area (Å²) in [6, 6.07) is 0. The summed E-state index contributed by atoms with van der Waals surface area (Å²) in [5.74, 6) is -0.565. The Bertz CT molecular complexity index is 258. The van der Waals surface area contributed by atoms with Gasteiger partial charge in [-0.2, -0.15) is 0 Å². The predicted molar refractivity (Wildman–Crippen MR) is 51.6 cm³/mol. The van der Waals surface area contributed by atoms with Crippen LogP contribution in [-0.4, -0.2) is 25.5 Å². The molecule has 0 fully saturated rings. The molecule has 0 unspecified atom stereocenters. The number of esters is 1. The van der Waals surface area contributed by atoms with Gasteiger partial charge in [0.1, 0.15) is 6.54 Å². The summed E-state index contributed by atoms with van der Waals surface area (Å²) >= 11 is 0. The molecule has 0 bridgehead atoms. The molecule has 1 amide bonds. The minimum atomic E-state index is -0.422. The van der Waals surface area contributed by atoms with Gasteiger partial charge in [0.05, 0.1) is 7.11 Å². The third-order valence-corrected chi connectivity index (χ3v) is 2.20. The Balaban J connectivity index is 2.34. The first-order valence-corrected chi connectivity index (χ1v) is 4.78. The molecule has 1 rings (SSSR count). The van der Waals surface area contributed by atoms with Gasteiger partial charge in [-0.05, 0) is 25.7 Å². The van der Waals surface area contributed by atoms with Gasteiger partial charge in [0, 0.05) is 5.57 Å². The van der Waals surface area contributed by atoms with Crippen molar-refractivity contribution in [2.45, 2.75) is 25.7 Å². The highest BCUT2D eigenvalue weighted by atomic mass is 16.5. The zero-order valence-electron chi connectivity index (χ0n) is 8.34. The van der Waals surface area contributed by atoms with E-state index in [4.69, 9.17) is 0 Å². The lowest BCUT2D eigenvalue weighted by molar-refractivity contribution is -0.140. The Morgan fingerprint density at radius 2 is 2.29 bits per heavy atom. The molecule has 0 aliphatic heterocycles.